The highest BCUT2D eigenvalue weighted by Crippen LogP contribution is 2.27. The summed E-state index contributed by atoms with van der Waals surface area (Å²) in [5.41, 5.74) is 9.96. The summed E-state index contributed by atoms with van der Waals surface area (Å²) in [6, 6.07) is 11.5. The molecule has 0 saturated carbocycles. The molecule has 4 aromatic rings. The van der Waals surface area contributed by atoms with E-state index in [0.717, 1.165) is 22.5 Å². The lowest BCUT2D eigenvalue weighted by Gasteiger charge is -2.35. The second-order valence-electron chi connectivity index (χ2n) is 7.55. The number of rotatable bonds is 3. The molecule has 0 atom stereocenters. The number of nitrogens with one attached hydrogen (secondary N) is 3. The highest BCUT2D eigenvalue weighted by atomic mass is 16.2. The van der Waals surface area contributed by atoms with Crippen molar-refractivity contribution in [1.29, 1.82) is 0 Å². The van der Waals surface area contributed by atoms with Gasteiger partial charge in [0.1, 0.15) is 5.52 Å². The predicted octanol–water partition coefficient (Wildman–Crippen LogP) is 2.59. The number of piperazine rings is 1. The molecule has 4 heterocycles. The summed E-state index contributed by atoms with van der Waals surface area (Å²) in [6.45, 7) is 4.40. The summed E-state index contributed by atoms with van der Waals surface area (Å²) in [4.78, 5) is 36.3. The first-order valence-corrected chi connectivity index (χ1v) is 10.1. The van der Waals surface area contributed by atoms with E-state index in [1.807, 2.05) is 49.5 Å². The third-order valence-electron chi connectivity index (χ3n) is 5.34. The number of aryl methyl sites for hydroxylation is 1. The number of benzene rings is 1. The van der Waals surface area contributed by atoms with E-state index in [2.05, 4.69) is 35.1 Å². The van der Waals surface area contributed by atoms with Crippen molar-refractivity contribution in [2.45, 2.75) is 6.92 Å². The molecule has 1 aliphatic rings. The van der Waals surface area contributed by atoms with Crippen LogP contribution < -0.4 is 16.0 Å². The fourth-order valence-corrected chi connectivity index (χ4v) is 3.78. The Bertz CT molecular complexity index is 1220. The van der Waals surface area contributed by atoms with E-state index in [1.54, 1.807) is 4.90 Å². The van der Waals surface area contributed by atoms with Crippen LogP contribution in [0.3, 0.4) is 0 Å². The Balaban J connectivity index is 1.32. The van der Waals surface area contributed by atoms with Crippen molar-refractivity contribution in [3.8, 4) is 11.5 Å². The number of H-pyrrole nitrogens is 2. The summed E-state index contributed by atoms with van der Waals surface area (Å²) >= 11 is 0. The molecule has 0 unspecified atom stereocenters. The van der Waals surface area contributed by atoms with Gasteiger partial charge in [-0.25, -0.2) is 9.78 Å². The SMILES string of the molecule is Cc1cccc(NC(=O)N2CCN(c3nc(N)nc4nc(-c5ccc[nH]5)[nH]c34)CC2)c1. The van der Waals surface area contributed by atoms with E-state index in [9.17, 15) is 4.79 Å². The van der Waals surface area contributed by atoms with Crippen LogP contribution in [0.15, 0.2) is 42.6 Å². The number of carbonyl (C=O) groups is 1. The number of hydrogen-bond acceptors (Lipinski definition) is 6. The van der Waals surface area contributed by atoms with Crippen LogP contribution in [-0.2, 0) is 0 Å². The van der Waals surface area contributed by atoms with E-state index in [4.69, 9.17) is 5.73 Å². The molecular weight excluding hydrogens is 394 g/mol. The number of urea groups is 1. The fourth-order valence-electron chi connectivity index (χ4n) is 3.78. The Morgan fingerprint density at radius 3 is 2.68 bits per heavy atom. The number of nitrogen functional groups attached to an aromatic ring is 1. The van der Waals surface area contributed by atoms with Crippen LogP contribution in [0, 0.1) is 6.92 Å². The Hall–Kier alpha value is -4.08. The van der Waals surface area contributed by atoms with Crippen LogP contribution in [0.4, 0.5) is 22.2 Å². The Kier molecular flexibility index (Phi) is 4.66. The van der Waals surface area contributed by atoms with Gasteiger partial charge in [0.2, 0.25) is 5.95 Å². The molecule has 5 rings (SSSR count). The highest BCUT2D eigenvalue weighted by Gasteiger charge is 2.25. The standard InChI is InChI=1S/C21H23N9O/c1-13-4-2-5-14(12-13)24-21(31)30-10-8-29(9-11-30)19-16-18(27-20(22)28-19)26-17(25-16)15-6-3-7-23-15/h2-7,12,23H,8-11H2,1H3,(H,24,31)(H3,22,25,26,27,28). The summed E-state index contributed by atoms with van der Waals surface area (Å²) in [5, 5.41) is 2.97. The summed E-state index contributed by atoms with van der Waals surface area (Å²) in [7, 11) is 0. The molecule has 0 spiro atoms. The minimum absolute atomic E-state index is 0.104. The molecule has 0 bridgehead atoms. The number of anilines is 3. The molecule has 158 valence electrons. The van der Waals surface area contributed by atoms with Crippen molar-refractivity contribution < 1.29 is 4.79 Å². The smallest absolute Gasteiger partial charge is 0.321 e. The maximum Gasteiger partial charge on any atom is 0.321 e. The van der Waals surface area contributed by atoms with Gasteiger partial charge in [-0.1, -0.05) is 12.1 Å². The lowest BCUT2D eigenvalue weighted by atomic mass is 10.2. The lowest BCUT2D eigenvalue weighted by molar-refractivity contribution is 0.208. The third kappa shape index (κ3) is 3.75. The van der Waals surface area contributed by atoms with E-state index < -0.39 is 0 Å². The monoisotopic (exact) mass is 417 g/mol. The van der Waals surface area contributed by atoms with Gasteiger partial charge in [0.15, 0.2) is 17.3 Å². The number of fused-ring (bicyclic) bond motifs is 1. The second-order valence-corrected chi connectivity index (χ2v) is 7.55. The minimum Gasteiger partial charge on any atom is -0.368 e. The largest absolute Gasteiger partial charge is 0.368 e. The molecular formula is C21H23N9O. The minimum atomic E-state index is -0.104. The third-order valence-corrected chi connectivity index (χ3v) is 5.34. The van der Waals surface area contributed by atoms with Crippen LogP contribution in [-0.4, -0.2) is 62.0 Å². The number of nitrogens with two attached hydrogens (primary N) is 1. The van der Waals surface area contributed by atoms with Crippen LogP contribution >= 0.6 is 0 Å². The Morgan fingerprint density at radius 2 is 1.94 bits per heavy atom. The van der Waals surface area contributed by atoms with Crippen molar-refractivity contribution in [1.82, 2.24) is 29.8 Å². The van der Waals surface area contributed by atoms with Crippen molar-refractivity contribution in [2.75, 3.05) is 42.1 Å². The number of hydrogen-bond donors (Lipinski definition) is 4. The molecule has 10 nitrogen and oxygen atoms in total. The van der Waals surface area contributed by atoms with E-state index >= 15 is 0 Å². The summed E-state index contributed by atoms with van der Waals surface area (Å²) in [5.74, 6) is 1.55. The molecule has 1 saturated heterocycles. The second kappa shape index (κ2) is 7.63. The average Bonchev–Trinajstić information content (AvgIpc) is 3.43. The summed E-state index contributed by atoms with van der Waals surface area (Å²) < 4.78 is 0. The maximum atomic E-state index is 12.7. The number of nitrogens with zero attached hydrogens (tertiary/aromatic N) is 5. The van der Waals surface area contributed by atoms with Gasteiger partial charge < -0.3 is 30.8 Å². The molecule has 10 heteroatoms. The van der Waals surface area contributed by atoms with Crippen LogP contribution in [0.5, 0.6) is 0 Å². The van der Waals surface area contributed by atoms with Gasteiger partial charge in [0, 0.05) is 38.1 Å². The normalized spacial score (nSPS) is 14.2. The van der Waals surface area contributed by atoms with Gasteiger partial charge in [-0.2, -0.15) is 9.97 Å². The van der Waals surface area contributed by atoms with Gasteiger partial charge in [-0.05, 0) is 36.8 Å². The van der Waals surface area contributed by atoms with Gasteiger partial charge in [-0.3, -0.25) is 0 Å². The molecule has 3 aromatic heterocycles. The van der Waals surface area contributed by atoms with E-state index in [0.29, 0.717) is 43.5 Å². The zero-order valence-corrected chi connectivity index (χ0v) is 17.1. The van der Waals surface area contributed by atoms with Crippen molar-refractivity contribution in [3.05, 3.63) is 48.2 Å². The molecule has 1 aromatic carbocycles. The van der Waals surface area contributed by atoms with Crippen molar-refractivity contribution in [2.24, 2.45) is 0 Å². The predicted molar refractivity (Wildman–Crippen MR) is 120 cm³/mol. The first kappa shape index (κ1) is 18.9. The van der Waals surface area contributed by atoms with Gasteiger partial charge in [-0.15, -0.1) is 0 Å². The van der Waals surface area contributed by atoms with E-state index in [1.165, 1.54) is 0 Å². The summed E-state index contributed by atoms with van der Waals surface area (Å²) in [6.07, 6.45) is 1.84. The first-order chi connectivity index (χ1) is 15.1. The molecule has 0 radical (unpaired) electrons. The van der Waals surface area contributed by atoms with Gasteiger partial charge >= 0.3 is 6.03 Å². The maximum absolute atomic E-state index is 12.7. The number of amides is 2. The fraction of sp³-hybridized carbons (Fsp3) is 0.238. The molecule has 31 heavy (non-hydrogen) atoms. The quantitative estimate of drug-likeness (QED) is 0.405. The number of aromatic amines is 2. The lowest BCUT2D eigenvalue weighted by Crippen LogP contribution is -2.50. The zero-order chi connectivity index (χ0) is 21.4. The van der Waals surface area contributed by atoms with Crippen LogP contribution in [0.2, 0.25) is 0 Å². The Labute approximate surface area is 178 Å². The van der Waals surface area contributed by atoms with Crippen LogP contribution in [0.1, 0.15) is 5.56 Å². The molecule has 2 amide bonds. The van der Waals surface area contributed by atoms with Crippen molar-refractivity contribution in [3.63, 3.8) is 0 Å². The van der Waals surface area contributed by atoms with Crippen molar-refractivity contribution >= 4 is 34.6 Å². The molecule has 1 aliphatic heterocycles. The van der Waals surface area contributed by atoms with Gasteiger partial charge in [0.25, 0.3) is 0 Å². The topological polar surface area (TPSA) is 132 Å². The van der Waals surface area contributed by atoms with Crippen LogP contribution in [0.25, 0.3) is 22.7 Å². The zero-order valence-electron chi connectivity index (χ0n) is 17.1. The number of imidazole rings is 1. The average molecular weight is 417 g/mol. The van der Waals surface area contributed by atoms with Gasteiger partial charge in [0.05, 0.1) is 5.69 Å². The molecule has 1 fully saturated rings. The molecule has 5 N–H and O–H groups in total. The number of carbonyl (C=O) groups excluding carboxylic acids is 1. The number of aromatic nitrogens is 5. The highest BCUT2D eigenvalue weighted by molar-refractivity contribution is 5.90. The Morgan fingerprint density at radius 1 is 1.10 bits per heavy atom. The van der Waals surface area contributed by atoms with E-state index in [-0.39, 0.29) is 12.0 Å². The first-order valence-electron chi connectivity index (χ1n) is 10.1. The molecule has 0 aliphatic carbocycles.